The maximum absolute atomic E-state index is 13.6. The van der Waals surface area contributed by atoms with Gasteiger partial charge in [0.25, 0.3) is 5.56 Å². The second kappa shape index (κ2) is 9.90. The van der Waals surface area contributed by atoms with Crippen molar-refractivity contribution in [2.75, 3.05) is 6.54 Å². The number of rotatable bonds is 8. The summed E-state index contributed by atoms with van der Waals surface area (Å²) in [6, 6.07) is 15.1. The van der Waals surface area contributed by atoms with Crippen molar-refractivity contribution in [3.8, 4) is 5.69 Å². The van der Waals surface area contributed by atoms with Crippen LogP contribution < -0.4 is 5.56 Å². The van der Waals surface area contributed by atoms with Gasteiger partial charge in [0, 0.05) is 13.0 Å². The zero-order valence-corrected chi connectivity index (χ0v) is 19.3. The van der Waals surface area contributed by atoms with Crippen molar-refractivity contribution in [2.45, 2.75) is 59.9 Å². The van der Waals surface area contributed by atoms with Crippen LogP contribution in [0.3, 0.4) is 0 Å². The number of nitrogens with zero attached hydrogens (tertiary/aromatic N) is 3. The number of aromatic nitrogens is 2. The molecule has 31 heavy (non-hydrogen) atoms. The summed E-state index contributed by atoms with van der Waals surface area (Å²) in [6.45, 7) is 10.9. The van der Waals surface area contributed by atoms with E-state index in [0.717, 1.165) is 18.5 Å². The lowest BCUT2D eigenvalue weighted by atomic mass is 10.1. The molecule has 0 fully saturated rings. The van der Waals surface area contributed by atoms with Crippen molar-refractivity contribution in [2.24, 2.45) is 5.92 Å². The van der Waals surface area contributed by atoms with Gasteiger partial charge in [-0.3, -0.25) is 14.2 Å². The molecular weight excluding hydrogens is 386 g/mol. The first-order valence-corrected chi connectivity index (χ1v) is 11.3. The van der Waals surface area contributed by atoms with Crippen molar-refractivity contribution in [3.63, 3.8) is 0 Å². The molecule has 3 aromatic rings. The van der Waals surface area contributed by atoms with Gasteiger partial charge in [-0.15, -0.1) is 0 Å². The highest BCUT2D eigenvalue weighted by Crippen LogP contribution is 2.24. The maximum atomic E-state index is 13.6. The zero-order chi connectivity index (χ0) is 22.5. The van der Waals surface area contributed by atoms with Gasteiger partial charge in [0.1, 0.15) is 5.82 Å². The lowest BCUT2D eigenvalue weighted by Gasteiger charge is -2.31. The maximum Gasteiger partial charge on any atom is 0.266 e. The Hall–Kier alpha value is -2.95. The third-order valence-corrected chi connectivity index (χ3v) is 5.61. The van der Waals surface area contributed by atoms with Crippen LogP contribution in [0.1, 0.15) is 64.9 Å². The van der Waals surface area contributed by atoms with Crippen LogP contribution in [0.4, 0.5) is 0 Å². The fraction of sp³-hybridized carbons (Fsp3) is 0.423. The first-order valence-electron chi connectivity index (χ1n) is 11.3. The van der Waals surface area contributed by atoms with Crippen LogP contribution in [0, 0.1) is 5.92 Å². The van der Waals surface area contributed by atoms with Crippen molar-refractivity contribution >= 4 is 16.8 Å². The van der Waals surface area contributed by atoms with Crippen LogP contribution in [0.5, 0.6) is 0 Å². The van der Waals surface area contributed by atoms with E-state index in [-0.39, 0.29) is 23.4 Å². The molecule has 0 aliphatic heterocycles. The molecule has 5 nitrogen and oxygen atoms in total. The van der Waals surface area contributed by atoms with Crippen LogP contribution in [0.15, 0.2) is 53.3 Å². The van der Waals surface area contributed by atoms with E-state index in [0.29, 0.717) is 29.7 Å². The first kappa shape index (κ1) is 22.7. The third-order valence-electron chi connectivity index (χ3n) is 5.61. The molecule has 0 saturated heterocycles. The van der Waals surface area contributed by atoms with E-state index < -0.39 is 0 Å². The predicted molar refractivity (Wildman–Crippen MR) is 127 cm³/mol. The Bertz CT molecular complexity index is 1100. The summed E-state index contributed by atoms with van der Waals surface area (Å²) < 4.78 is 1.68. The average Bonchev–Trinajstić information content (AvgIpc) is 2.76. The standard InChI is InChI=1S/C26H33N3O2/c1-6-16-28(24(30)17-18(3)4)19(5)25-27-23-11-9-8-10-22(23)26(31)29(25)21-14-12-20(7-2)13-15-21/h8-15,18-19H,6-7,16-17H2,1-5H3. The molecule has 164 valence electrons. The minimum absolute atomic E-state index is 0.0969. The smallest absolute Gasteiger partial charge is 0.266 e. The van der Waals surface area contributed by atoms with Crippen molar-refractivity contribution in [1.29, 1.82) is 0 Å². The summed E-state index contributed by atoms with van der Waals surface area (Å²) in [4.78, 5) is 33.4. The molecule has 0 bridgehead atoms. The number of fused-ring (bicyclic) bond motifs is 1. The molecule has 2 aromatic carbocycles. The van der Waals surface area contributed by atoms with Gasteiger partial charge in [0.2, 0.25) is 5.91 Å². The number of benzene rings is 2. The Kier molecular flexibility index (Phi) is 7.26. The lowest BCUT2D eigenvalue weighted by molar-refractivity contribution is -0.134. The fourth-order valence-corrected chi connectivity index (χ4v) is 3.94. The van der Waals surface area contributed by atoms with E-state index >= 15 is 0 Å². The summed E-state index contributed by atoms with van der Waals surface area (Å²) in [5.41, 5.74) is 2.53. The Labute approximate surface area is 184 Å². The van der Waals surface area contributed by atoms with Gasteiger partial charge in [-0.1, -0.05) is 52.0 Å². The van der Waals surface area contributed by atoms with Crippen LogP contribution in [0.2, 0.25) is 0 Å². The number of hydrogen-bond donors (Lipinski definition) is 0. The summed E-state index contributed by atoms with van der Waals surface area (Å²) in [7, 11) is 0. The number of aryl methyl sites for hydroxylation is 1. The number of amides is 1. The minimum atomic E-state index is -0.325. The first-order chi connectivity index (χ1) is 14.9. The zero-order valence-electron chi connectivity index (χ0n) is 19.3. The monoisotopic (exact) mass is 419 g/mol. The van der Waals surface area contributed by atoms with E-state index in [4.69, 9.17) is 4.98 Å². The molecule has 1 unspecified atom stereocenters. The van der Waals surface area contributed by atoms with Gasteiger partial charge >= 0.3 is 0 Å². The highest BCUT2D eigenvalue weighted by atomic mass is 16.2. The molecule has 1 aromatic heterocycles. The average molecular weight is 420 g/mol. The molecule has 0 N–H and O–H groups in total. The van der Waals surface area contributed by atoms with Gasteiger partial charge in [0.15, 0.2) is 0 Å². The third kappa shape index (κ3) is 4.87. The quantitative estimate of drug-likeness (QED) is 0.498. The van der Waals surface area contributed by atoms with Crippen LogP contribution in [0.25, 0.3) is 16.6 Å². The topological polar surface area (TPSA) is 55.2 Å². The lowest BCUT2D eigenvalue weighted by Crippen LogP contribution is -2.38. The van der Waals surface area contributed by atoms with Gasteiger partial charge in [-0.2, -0.15) is 0 Å². The van der Waals surface area contributed by atoms with E-state index in [2.05, 4.69) is 13.8 Å². The summed E-state index contributed by atoms with van der Waals surface area (Å²) >= 11 is 0. The highest BCUT2D eigenvalue weighted by molar-refractivity contribution is 5.79. The molecule has 0 saturated carbocycles. The number of carbonyl (C=O) groups is 1. The van der Waals surface area contributed by atoms with Gasteiger partial charge in [0.05, 0.1) is 22.6 Å². The Morgan fingerprint density at radius 1 is 1.03 bits per heavy atom. The normalized spacial score (nSPS) is 12.3. The number of hydrogen-bond acceptors (Lipinski definition) is 3. The molecule has 0 radical (unpaired) electrons. The Morgan fingerprint density at radius 2 is 1.71 bits per heavy atom. The van der Waals surface area contributed by atoms with E-state index in [1.54, 1.807) is 4.57 Å². The summed E-state index contributed by atoms with van der Waals surface area (Å²) in [5, 5.41) is 0.577. The van der Waals surface area contributed by atoms with Gasteiger partial charge in [-0.25, -0.2) is 4.98 Å². The van der Waals surface area contributed by atoms with E-state index in [1.165, 1.54) is 5.56 Å². The molecule has 1 atom stereocenters. The highest BCUT2D eigenvalue weighted by Gasteiger charge is 2.26. The molecule has 1 heterocycles. The predicted octanol–water partition coefficient (Wildman–Crippen LogP) is 5.29. The molecule has 0 aliphatic rings. The van der Waals surface area contributed by atoms with Crippen LogP contribution >= 0.6 is 0 Å². The number of para-hydroxylation sites is 1. The SMILES string of the molecule is CCCN(C(=O)CC(C)C)C(C)c1nc2ccccc2c(=O)n1-c1ccc(CC)cc1. The van der Waals surface area contributed by atoms with Crippen molar-refractivity contribution < 1.29 is 4.79 Å². The van der Waals surface area contributed by atoms with Crippen LogP contribution in [-0.2, 0) is 11.2 Å². The fourth-order valence-electron chi connectivity index (χ4n) is 3.94. The second-order valence-corrected chi connectivity index (χ2v) is 8.51. The minimum Gasteiger partial charge on any atom is -0.333 e. The number of carbonyl (C=O) groups excluding carboxylic acids is 1. The largest absolute Gasteiger partial charge is 0.333 e. The molecule has 3 rings (SSSR count). The summed E-state index contributed by atoms with van der Waals surface area (Å²) in [6.07, 6.45) is 2.26. The molecular formula is C26H33N3O2. The van der Waals surface area contributed by atoms with Crippen molar-refractivity contribution in [1.82, 2.24) is 14.5 Å². The molecule has 0 spiro atoms. The van der Waals surface area contributed by atoms with E-state index in [9.17, 15) is 9.59 Å². The van der Waals surface area contributed by atoms with Gasteiger partial charge < -0.3 is 4.90 Å². The second-order valence-electron chi connectivity index (χ2n) is 8.51. The van der Waals surface area contributed by atoms with Crippen molar-refractivity contribution in [3.05, 3.63) is 70.3 Å². The summed E-state index contributed by atoms with van der Waals surface area (Å²) in [5.74, 6) is 0.963. The molecule has 5 heteroatoms. The van der Waals surface area contributed by atoms with Gasteiger partial charge in [-0.05, 0) is 55.5 Å². The molecule has 0 aliphatic carbocycles. The van der Waals surface area contributed by atoms with Crippen LogP contribution in [-0.4, -0.2) is 26.9 Å². The molecule has 1 amide bonds. The Balaban J connectivity index is 2.21. The Morgan fingerprint density at radius 3 is 2.32 bits per heavy atom. The van der Waals surface area contributed by atoms with E-state index in [1.807, 2.05) is 74.2 Å².